The van der Waals surface area contributed by atoms with E-state index >= 15 is 0 Å². The number of carbonyl (C=O) groups is 2. The average molecular weight is 312 g/mol. The molecule has 0 spiro atoms. The average Bonchev–Trinajstić information content (AvgIpc) is 2.53. The molecular formula is C17H20N4O2. The van der Waals surface area contributed by atoms with Gasteiger partial charge in [-0.1, -0.05) is 12.1 Å². The zero-order valence-corrected chi connectivity index (χ0v) is 13.2. The zero-order chi connectivity index (χ0) is 16.7. The SMILES string of the molecule is CC(C)NC(=O)NCc1cccc(NC(=O)c2ccncc2)c1. The lowest BCUT2D eigenvalue weighted by Crippen LogP contribution is -2.39. The van der Waals surface area contributed by atoms with Crippen LogP contribution >= 0.6 is 0 Å². The third-order valence-electron chi connectivity index (χ3n) is 3.00. The summed E-state index contributed by atoms with van der Waals surface area (Å²) in [5.74, 6) is -0.199. The topological polar surface area (TPSA) is 83.1 Å². The smallest absolute Gasteiger partial charge is 0.315 e. The third-order valence-corrected chi connectivity index (χ3v) is 3.00. The van der Waals surface area contributed by atoms with Gasteiger partial charge in [-0.3, -0.25) is 9.78 Å². The molecule has 0 aliphatic heterocycles. The molecule has 0 unspecified atom stereocenters. The Morgan fingerprint density at radius 3 is 2.57 bits per heavy atom. The largest absolute Gasteiger partial charge is 0.336 e. The fourth-order valence-electron chi connectivity index (χ4n) is 1.96. The number of anilines is 1. The van der Waals surface area contributed by atoms with E-state index in [-0.39, 0.29) is 18.0 Å². The van der Waals surface area contributed by atoms with Crippen molar-refractivity contribution < 1.29 is 9.59 Å². The van der Waals surface area contributed by atoms with Crippen molar-refractivity contribution in [3.8, 4) is 0 Å². The van der Waals surface area contributed by atoms with Crippen LogP contribution in [0.4, 0.5) is 10.5 Å². The van der Waals surface area contributed by atoms with Crippen LogP contribution in [0.25, 0.3) is 0 Å². The molecule has 0 bridgehead atoms. The monoisotopic (exact) mass is 312 g/mol. The Morgan fingerprint density at radius 1 is 1.13 bits per heavy atom. The van der Waals surface area contributed by atoms with Crippen LogP contribution in [0.2, 0.25) is 0 Å². The van der Waals surface area contributed by atoms with Gasteiger partial charge >= 0.3 is 6.03 Å². The predicted octanol–water partition coefficient (Wildman–Crippen LogP) is 2.54. The first-order valence-electron chi connectivity index (χ1n) is 7.39. The number of rotatable bonds is 5. The number of benzene rings is 1. The summed E-state index contributed by atoms with van der Waals surface area (Å²) in [4.78, 5) is 27.6. The number of nitrogens with zero attached hydrogens (tertiary/aromatic N) is 1. The van der Waals surface area contributed by atoms with E-state index in [1.807, 2.05) is 32.0 Å². The molecule has 0 saturated carbocycles. The summed E-state index contributed by atoms with van der Waals surface area (Å²) >= 11 is 0. The van der Waals surface area contributed by atoms with Crippen LogP contribution in [-0.2, 0) is 6.54 Å². The normalized spacial score (nSPS) is 10.2. The number of nitrogens with one attached hydrogen (secondary N) is 3. The molecule has 0 aliphatic rings. The van der Waals surface area contributed by atoms with Crippen LogP contribution in [0, 0.1) is 0 Å². The molecule has 2 rings (SSSR count). The van der Waals surface area contributed by atoms with E-state index in [4.69, 9.17) is 0 Å². The van der Waals surface area contributed by atoms with Crippen molar-refractivity contribution >= 4 is 17.6 Å². The fourth-order valence-corrected chi connectivity index (χ4v) is 1.96. The zero-order valence-electron chi connectivity index (χ0n) is 13.2. The molecule has 1 heterocycles. The second-order valence-corrected chi connectivity index (χ2v) is 5.37. The molecule has 6 heteroatoms. The van der Waals surface area contributed by atoms with Crippen molar-refractivity contribution in [3.05, 3.63) is 59.9 Å². The minimum atomic E-state index is -0.216. The first kappa shape index (κ1) is 16.5. The highest BCUT2D eigenvalue weighted by Crippen LogP contribution is 2.12. The summed E-state index contributed by atoms with van der Waals surface area (Å²) in [6.07, 6.45) is 3.14. The second-order valence-electron chi connectivity index (χ2n) is 5.37. The van der Waals surface area contributed by atoms with E-state index in [2.05, 4.69) is 20.9 Å². The molecule has 0 saturated heterocycles. The Morgan fingerprint density at radius 2 is 1.87 bits per heavy atom. The van der Waals surface area contributed by atoms with Crippen LogP contribution in [-0.4, -0.2) is 23.0 Å². The number of amides is 3. The van der Waals surface area contributed by atoms with Crippen LogP contribution in [0.3, 0.4) is 0 Å². The molecule has 120 valence electrons. The number of urea groups is 1. The highest BCUT2D eigenvalue weighted by molar-refractivity contribution is 6.04. The second kappa shape index (κ2) is 7.93. The maximum atomic E-state index is 12.1. The number of hydrogen-bond donors (Lipinski definition) is 3. The molecule has 23 heavy (non-hydrogen) atoms. The van der Waals surface area contributed by atoms with Gasteiger partial charge in [-0.15, -0.1) is 0 Å². The van der Waals surface area contributed by atoms with Crippen LogP contribution in [0.15, 0.2) is 48.8 Å². The highest BCUT2D eigenvalue weighted by atomic mass is 16.2. The van der Waals surface area contributed by atoms with Gasteiger partial charge in [-0.25, -0.2) is 4.79 Å². The Kier molecular flexibility index (Phi) is 5.68. The molecule has 0 atom stereocenters. The van der Waals surface area contributed by atoms with Gasteiger partial charge in [-0.2, -0.15) is 0 Å². The van der Waals surface area contributed by atoms with Gasteiger partial charge in [0.15, 0.2) is 0 Å². The van der Waals surface area contributed by atoms with E-state index in [1.165, 1.54) is 0 Å². The van der Waals surface area contributed by atoms with Gasteiger partial charge in [0.25, 0.3) is 5.91 Å². The third kappa shape index (κ3) is 5.43. The number of hydrogen-bond acceptors (Lipinski definition) is 3. The summed E-state index contributed by atoms with van der Waals surface area (Å²) in [6, 6.07) is 10.5. The van der Waals surface area contributed by atoms with E-state index in [9.17, 15) is 9.59 Å². The maximum Gasteiger partial charge on any atom is 0.315 e. The molecule has 2 aromatic rings. The minimum Gasteiger partial charge on any atom is -0.336 e. The molecule has 3 N–H and O–H groups in total. The lowest BCUT2D eigenvalue weighted by Gasteiger charge is -2.11. The highest BCUT2D eigenvalue weighted by Gasteiger charge is 2.06. The summed E-state index contributed by atoms with van der Waals surface area (Å²) in [5, 5.41) is 8.35. The van der Waals surface area contributed by atoms with Crippen molar-refractivity contribution in [2.75, 3.05) is 5.32 Å². The van der Waals surface area contributed by atoms with E-state index in [0.717, 1.165) is 5.56 Å². The lowest BCUT2D eigenvalue weighted by molar-refractivity contribution is 0.102. The van der Waals surface area contributed by atoms with Gasteiger partial charge < -0.3 is 16.0 Å². The molecule has 1 aromatic heterocycles. The maximum absolute atomic E-state index is 12.1. The van der Waals surface area contributed by atoms with E-state index in [0.29, 0.717) is 17.8 Å². The van der Waals surface area contributed by atoms with Crippen molar-refractivity contribution in [2.24, 2.45) is 0 Å². The first-order valence-corrected chi connectivity index (χ1v) is 7.39. The molecule has 6 nitrogen and oxygen atoms in total. The molecular weight excluding hydrogens is 292 g/mol. The Balaban J connectivity index is 1.94. The quantitative estimate of drug-likeness (QED) is 0.793. The number of carbonyl (C=O) groups excluding carboxylic acids is 2. The molecule has 0 radical (unpaired) electrons. The van der Waals surface area contributed by atoms with Gasteiger partial charge in [0, 0.05) is 36.2 Å². The van der Waals surface area contributed by atoms with E-state index < -0.39 is 0 Å². The Hall–Kier alpha value is -2.89. The summed E-state index contributed by atoms with van der Waals surface area (Å²) < 4.78 is 0. The fraction of sp³-hybridized carbons (Fsp3) is 0.235. The van der Waals surface area contributed by atoms with Gasteiger partial charge in [-0.05, 0) is 43.7 Å². The summed E-state index contributed by atoms with van der Waals surface area (Å²) in [7, 11) is 0. The lowest BCUT2D eigenvalue weighted by atomic mass is 10.2. The number of pyridine rings is 1. The first-order chi connectivity index (χ1) is 11.0. The molecule has 3 amide bonds. The molecule has 1 aromatic carbocycles. The van der Waals surface area contributed by atoms with Crippen LogP contribution < -0.4 is 16.0 Å². The Bertz CT molecular complexity index is 671. The van der Waals surface area contributed by atoms with E-state index in [1.54, 1.807) is 30.6 Å². The minimum absolute atomic E-state index is 0.0842. The van der Waals surface area contributed by atoms with Crippen molar-refractivity contribution in [3.63, 3.8) is 0 Å². The molecule has 0 fully saturated rings. The van der Waals surface area contributed by atoms with Crippen molar-refractivity contribution in [1.29, 1.82) is 0 Å². The predicted molar refractivity (Wildman–Crippen MR) is 89.1 cm³/mol. The van der Waals surface area contributed by atoms with Gasteiger partial charge in [0.1, 0.15) is 0 Å². The Labute approximate surface area is 135 Å². The summed E-state index contributed by atoms with van der Waals surface area (Å²) in [5.41, 5.74) is 2.12. The number of aromatic nitrogens is 1. The van der Waals surface area contributed by atoms with Gasteiger partial charge in [0.05, 0.1) is 0 Å². The van der Waals surface area contributed by atoms with Crippen molar-refractivity contribution in [2.45, 2.75) is 26.4 Å². The summed E-state index contributed by atoms with van der Waals surface area (Å²) in [6.45, 7) is 4.18. The standard InChI is InChI=1S/C17H20N4O2/c1-12(2)20-17(23)19-11-13-4-3-5-15(10-13)21-16(22)14-6-8-18-9-7-14/h3-10,12H,11H2,1-2H3,(H,21,22)(H2,19,20,23). The van der Waals surface area contributed by atoms with Crippen LogP contribution in [0.5, 0.6) is 0 Å². The van der Waals surface area contributed by atoms with Crippen LogP contribution in [0.1, 0.15) is 29.8 Å². The van der Waals surface area contributed by atoms with Gasteiger partial charge in [0.2, 0.25) is 0 Å². The molecule has 0 aliphatic carbocycles. The van der Waals surface area contributed by atoms with Crippen molar-refractivity contribution in [1.82, 2.24) is 15.6 Å².